The zero-order valence-corrected chi connectivity index (χ0v) is 18.4. The summed E-state index contributed by atoms with van der Waals surface area (Å²) in [5.41, 5.74) is 2.85. The van der Waals surface area contributed by atoms with E-state index in [1.807, 2.05) is 19.1 Å². The second-order valence-electron chi connectivity index (χ2n) is 7.54. The molecule has 2 aromatic heterocycles. The second-order valence-corrected chi connectivity index (χ2v) is 8.72. The fraction of sp³-hybridized carbons (Fsp3) is 0.227. The van der Waals surface area contributed by atoms with Gasteiger partial charge in [-0.2, -0.15) is 9.47 Å². The minimum absolute atomic E-state index is 0.0784. The number of aromatic amines is 1. The zero-order valence-electron chi connectivity index (χ0n) is 16.8. The van der Waals surface area contributed by atoms with Crippen LogP contribution >= 0.6 is 23.1 Å². The highest BCUT2D eigenvalue weighted by atomic mass is 35.5. The fourth-order valence-corrected chi connectivity index (χ4v) is 5.29. The Morgan fingerprint density at radius 3 is 2.77 bits per heavy atom. The molecule has 158 valence electrons. The van der Waals surface area contributed by atoms with E-state index in [2.05, 4.69) is 26.0 Å². The quantitative estimate of drug-likeness (QED) is 0.452. The summed E-state index contributed by atoms with van der Waals surface area (Å²) < 4.78 is 20.8. The van der Waals surface area contributed by atoms with Crippen LogP contribution in [0.2, 0.25) is 5.02 Å². The third-order valence-corrected chi connectivity index (χ3v) is 6.93. The Labute approximate surface area is 187 Å². The van der Waals surface area contributed by atoms with Gasteiger partial charge in [-0.1, -0.05) is 24.2 Å². The highest BCUT2D eigenvalue weighted by Crippen LogP contribution is 2.43. The number of amides is 1. The molecule has 31 heavy (non-hydrogen) atoms. The van der Waals surface area contributed by atoms with Crippen LogP contribution in [0.5, 0.6) is 0 Å². The summed E-state index contributed by atoms with van der Waals surface area (Å²) in [5.74, 6) is 0.255. The van der Waals surface area contributed by atoms with Gasteiger partial charge in [0.25, 0.3) is 0 Å². The van der Waals surface area contributed by atoms with Gasteiger partial charge < -0.3 is 9.80 Å². The van der Waals surface area contributed by atoms with E-state index >= 15 is 4.39 Å². The van der Waals surface area contributed by atoms with E-state index in [4.69, 9.17) is 11.6 Å². The molecule has 0 unspecified atom stereocenters. The number of carbonyl (C=O) groups is 1. The molecule has 2 aromatic carbocycles. The van der Waals surface area contributed by atoms with Gasteiger partial charge in [-0.25, -0.2) is 4.39 Å². The summed E-state index contributed by atoms with van der Waals surface area (Å²) >= 11 is 7.79. The highest BCUT2D eigenvalue weighted by Gasteiger charge is 2.26. The first-order chi connectivity index (χ1) is 15.0. The molecule has 1 saturated heterocycles. The third kappa shape index (κ3) is 3.18. The lowest BCUT2D eigenvalue weighted by molar-refractivity contribution is -0.126. The maximum atomic E-state index is 15.8. The largest absolute Gasteiger partial charge is 0.352 e. The summed E-state index contributed by atoms with van der Waals surface area (Å²) in [6.45, 7) is 7.85. The van der Waals surface area contributed by atoms with Gasteiger partial charge in [0.05, 0.1) is 21.4 Å². The van der Waals surface area contributed by atoms with Gasteiger partial charge >= 0.3 is 0 Å². The number of aromatic nitrogens is 3. The first-order valence-corrected chi connectivity index (χ1v) is 11.0. The molecule has 0 saturated carbocycles. The molecule has 1 aliphatic rings. The molecule has 6 nitrogen and oxygen atoms in total. The number of hydrogen-bond donors (Lipinski definition) is 1. The van der Waals surface area contributed by atoms with Crippen molar-refractivity contribution in [3.8, 4) is 11.1 Å². The van der Waals surface area contributed by atoms with E-state index in [0.717, 1.165) is 33.6 Å². The maximum Gasteiger partial charge on any atom is 0.246 e. The number of nitrogens with zero attached hydrogens (tertiary/aromatic N) is 4. The maximum absolute atomic E-state index is 15.8. The Bertz CT molecular complexity index is 1340. The molecule has 9 heteroatoms. The van der Waals surface area contributed by atoms with Crippen molar-refractivity contribution in [2.24, 2.45) is 0 Å². The minimum atomic E-state index is -0.372. The van der Waals surface area contributed by atoms with Gasteiger partial charge in [0, 0.05) is 48.1 Å². The predicted octanol–water partition coefficient (Wildman–Crippen LogP) is 4.78. The summed E-state index contributed by atoms with van der Waals surface area (Å²) in [4.78, 5) is 15.7. The Morgan fingerprint density at radius 2 is 2.03 bits per heavy atom. The third-order valence-electron chi connectivity index (χ3n) is 5.79. The van der Waals surface area contributed by atoms with Crippen LogP contribution in [-0.2, 0) is 4.79 Å². The number of aryl methyl sites for hydroxylation is 1. The van der Waals surface area contributed by atoms with Crippen LogP contribution in [0.3, 0.4) is 0 Å². The van der Waals surface area contributed by atoms with Crippen LogP contribution in [-0.4, -0.2) is 51.6 Å². The molecule has 1 fully saturated rings. The van der Waals surface area contributed by atoms with Crippen molar-refractivity contribution in [2.45, 2.75) is 6.92 Å². The van der Waals surface area contributed by atoms with Crippen LogP contribution in [0.4, 0.5) is 10.2 Å². The van der Waals surface area contributed by atoms with Crippen molar-refractivity contribution in [1.82, 2.24) is 19.5 Å². The Hall–Kier alpha value is -2.97. The van der Waals surface area contributed by atoms with Gasteiger partial charge in [0.15, 0.2) is 5.82 Å². The molecular weight excluding hydrogens is 437 g/mol. The van der Waals surface area contributed by atoms with Crippen molar-refractivity contribution in [2.75, 3.05) is 31.1 Å². The van der Waals surface area contributed by atoms with E-state index in [9.17, 15) is 4.79 Å². The topological polar surface area (TPSA) is 65.1 Å². The first-order valence-electron chi connectivity index (χ1n) is 9.86. The Balaban J connectivity index is 1.58. The normalized spacial score (nSPS) is 14.5. The molecule has 0 atom stereocenters. The van der Waals surface area contributed by atoms with E-state index in [-0.39, 0.29) is 11.7 Å². The van der Waals surface area contributed by atoms with Crippen LogP contribution < -0.4 is 4.90 Å². The standard InChI is InChI=1S/C22H19ClFN5OS/c1-3-17(30)28-6-8-29(9-7-28)22-13-10-15(23)19(20(24)21(13)31-27-22)18-12(2)4-5-16-14(18)11-25-26-16/h3-5,10-11H,1,6-9H2,2H3,(H,25,26). The molecule has 3 heterocycles. The first kappa shape index (κ1) is 20.0. The lowest BCUT2D eigenvalue weighted by Gasteiger charge is -2.34. The number of hydrogen-bond acceptors (Lipinski definition) is 5. The molecular formula is C22H19ClFN5OS. The Kier molecular flexibility index (Phi) is 4.91. The lowest BCUT2D eigenvalue weighted by atomic mass is 9.96. The molecule has 1 amide bonds. The molecule has 4 aromatic rings. The number of fused-ring (bicyclic) bond motifs is 2. The van der Waals surface area contributed by atoms with Gasteiger partial charge in [0.1, 0.15) is 5.82 Å². The van der Waals surface area contributed by atoms with E-state index in [1.54, 1.807) is 17.2 Å². The smallest absolute Gasteiger partial charge is 0.246 e. The Morgan fingerprint density at radius 1 is 1.26 bits per heavy atom. The molecule has 0 spiro atoms. The molecule has 0 radical (unpaired) electrons. The number of anilines is 1. The number of H-pyrrole nitrogens is 1. The zero-order chi connectivity index (χ0) is 21.7. The summed E-state index contributed by atoms with van der Waals surface area (Å²) in [7, 11) is 0. The number of piperazine rings is 1. The second kappa shape index (κ2) is 7.62. The average Bonchev–Trinajstić information content (AvgIpc) is 3.42. The summed E-state index contributed by atoms with van der Waals surface area (Å²) in [6.07, 6.45) is 3.02. The van der Waals surface area contributed by atoms with Crippen molar-refractivity contribution in [3.63, 3.8) is 0 Å². The summed E-state index contributed by atoms with van der Waals surface area (Å²) in [5, 5.41) is 8.88. The number of rotatable bonds is 3. The SMILES string of the molecule is C=CC(=O)N1CCN(c2nsc3c(F)c(-c4c(C)ccc5[nH]ncc45)c(Cl)cc23)CC1. The number of nitrogens with one attached hydrogen (secondary N) is 1. The summed E-state index contributed by atoms with van der Waals surface area (Å²) in [6, 6.07) is 5.65. The van der Waals surface area contributed by atoms with Crippen LogP contribution in [0, 0.1) is 12.7 Å². The highest BCUT2D eigenvalue weighted by molar-refractivity contribution is 7.13. The fourth-order valence-electron chi connectivity index (χ4n) is 4.18. The van der Waals surface area contributed by atoms with E-state index < -0.39 is 0 Å². The van der Waals surface area contributed by atoms with Crippen molar-refractivity contribution in [1.29, 1.82) is 0 Å². The van der Waals surface area contributed by atoms with Crippen molar-refractivity contribution >= 4 is 55.8 Å². The van der Waals surface area contributed by atoms with Crippen molar-refractivity contribution in [3.05, 3.63) is 53.5 Å². The lowest BCUT2D eigenvalue weighted by Crippen LogP contribution is -2.48. The minimum Gasteiger partial charge on any atom is -0.352 e. The van der Waals surface area contributed by atoms with E-state index in [0.29, 0.717) is 52.7 Å². The number of halogens is 2. The molecule has 0 bridgehead atoms. The number of benzene rings is 2. The van der Waals surface area contributed by atoms with Crippen molar-refractivity contribution < 1.29 is 9.18 Å². The monoisotopic (exact) mass is 455 g/mol. The molecule has 1 N–H and O–H groups in total. The average molecular weight is 456 g/mol. The molecule has 1 aliphatic heterocycles. The van der Waals surface area contributed by atoms with Crippen LogP contribution in [0.1, 0.15) is 5.56 Å². The predicted molar refractivity (Wildman–Crippen MR) is 123 cm³/mol. The van der Waals surface area contributed by atoms with Gasteiger partial charge in [0.2, 0.25) is 5.91 Å². The van der Waals surface area contributed by atoms with Crippen LogP contribution in [0.15, 0.2) is 37.1 Å². The molecule has 0 aliphatic carbocycles. The molecule has 5 rings (SSSR count). The van der Waals surface area contributed by atoms with E-state index in [1.165, 1.54) is 6.08 Å². The van der Waals surface area contributed by atoms with Crippen LogP contribution in [0.25, 0.3) is 32.1 Å². The van der Waals surface area contributed by atoms with Gasteiger partial charge in [-0.3, -0.25) is 9.89 Å². The van der Waals surface area contributed by atoms with Gasteiger partial charge in [-0.15, -0.1) is 0 Å². The number of carbonyl (C=O) groups excluding carboxylic acids is 1. The van der Waals surface area contributed by atoms with Gasteiger partial charge in [-0.05, 0) is 42.2 Å².